The van der Waals surface area contributed by atoms with Crippen molar-refractivity contribution in [3.05, 3.63) is 0 Å². The Morgan fingerprint density at radius 3 is 2.07 bits per heavy atom. The molecule has 0 aromatic heterocycles. The zero-order valence-corrected chi connectivity index (χ0v) is 16.6. The van der Waals surface area contributed by atoms with Crippen LogP contribution in [-0.2, 0) is 19.2 Å². The Hall–Kier alpha value is -2.85. The molecule has 4 amide bonds. The molecule has 11 nitrogen and oxygen atoms in total. The van der Waals surface area contributed by atoms with E-state index in [2.05, 4.69) is 20.9 Å². The van der Waals surface area contributed by atoms with Gasteiger partial charge in [0.05, 0.1) is 0 Å². The van der Waals surface area contributed by atoms with Crippen LogP contribution < -0.4 is 33.2 Å². The standard InChI is InChI=1S/C17H31N7O4/c1-9(2)12(22-10(3)25)14(27)23-11(5-4-8-21-16(19)20)13(26)24-17(6-7-17)15(18)28/h9,11-12H,4-8H2,1-3H3,(H2,18,28)(H,22,25)(H,23,27)(H,24,26)(H4,19,20,21)/t11-,12-/m0/s1. The van der Waals surface area contributed by atoms with E-state index in [1.54, 1.807) is 13.8 Å². The second-order valence-electron chi connectivity index (χ2n) is 7.37. The Labute approximate surface area is 164 Å². The molecule has 9 N–H and O–H groups in total. The lowest BCUT2D eigenvalue weighted by Gasteiger charge is -2.26. The first-order chi connectivity index (χ1) is 13.0. The molecule has 28 heavy (non-hydrogen) atoms. The fourth-order valence-corrected chi connectivity index (χ4v) is 2.67. The molecular weight excluding hydrogens is 366 g/mol. The lowest BCUT2D eigenvalue weighted by molar-refractivity contribution is -0.134. The van der Waals surface area contributed by atoms with Gasteiger partial charge in [0.1, 0.15) is 17.6 Å². The van der Waals surface area contributed by atoms with Crippen molar-refractivity contribution in [1.82, 2.24) is 16.0 Å². The molecule has 1 rings (SSSR count). The van der Waals surface area contributed by atoms with Gasteiger partial charge in [-0.25, -0.2) is 0 Å². The highest BCUT2D eigenvalue weighted by Gasteiger charge is 2.50. The molecule has 11 heteroatoms. The molecule has 0 spiro atoms. The van der Waals surface area contributed by atoms with E-state index in [0.717, 1.165) is 0 Å². The molecule has 0 heterocycles. The van der Waals surface area contributed by atoms with E-state index in [4.69, 9.17) is 17.2 Å². The summed E-state index contributed by atoms with van der Waals surface area (Å²) < 4.78 is 0. The normalized spacial score (nSPS) is 16.4. The van der Waals surface area contributed by atoms with Crippen LogP contribution in [0, 0.1) is 5.92 Å². The third-order valence-corrected chi connectivity index (χ3v) is 4.47. The summed E-state index contributed by atoms with van der Waals surface area (Å²) in [5.41, 5.74) is 14.9. The van der Waals surface area contributed by atoms with Crippen LogP contribution in [0.4, 0.5) is 0 Å². The summed E-state index contributed by atoms with van der Waals surface area (Å²) in [6.45, 7) is 5.15. The van der Waals surface area contributed by atoms with Crippen LogP contribution >= 0.6 is 0 Å². The highest BCUT2D eigenvalue weighted by molar-refractivity contribution is 5.96. The molecule has 0 unspecified atom stereocenters. The average Bonchev–Trinajstić information content (AvgIpc) is 3.35. The largest absolute Gasteiger partial charge is 0.370 e. The molecule has 0 radical (unpaired) electrons. The Bertz CT molecular complexity index is 639. The van der Waals surface area contributed by atoms with Crippen molar-refractivity contribution in [3.63, 3.8) is 0 Å². The van der Waals surface area contributed by atoms with E-state index in [9.17, 15) is 19.2 Å². The maximum absolute atomic E-state index is 12.7. The van der Waals surface area contributed by atoms with Gasteiger partial charge in [0.25, 0.3) is 0 Å². The van der Waals surface area contributed by atoms with Gasteiger partial charge in [0.2, 0.25) is 23.6 Å². The summed E-state index contributed by atoms with van der Waals surface area (Å²) in [6.07, 6.45) is 1.59. The van der Waals surface area contributed by atoms with E-state index < -0.39 is 35.3 Å². The summed E-state index contributed by atoms with van der Waals surface area (Å²) in [7, 11) is 0. The van der Waals surface area contributed by atoms with Crippen LogP contribution in [0.15, 0.2) is 4.99 Å². The van der Waals surface area contributed by atoms with Crippen LogP contribution in [-0.4, -0.2) is 53.8 Å². The number of nitrogens with two attached hydrogens (primary N) is 3. The zero-order valence-electron chi connectivity index (χ0n) is 16.6. The van der Waals surface area contributed by atoms with Crippen molar-refractivity contribution < 1.29 is 19.2 Å². The van der Waals surface area contributed by atoms with Gasteiger partial charge in [0, 0.05) is 13.5 Å². The number of carbonyl (C=O) groups excluding carboxylic acids is 4. The fraction of sp³-hybridized carbons (Fsp3) is 0.706. The number of nitrogens with zero attached hydrogens (tertiary/aromatic N) is 1. The lowest BCUT2D eigenvalue weighted by atomic mass is 10.0. The summed E-state index contributed by atoms with van der Waals surface area (Å²) >= 11 is 0. The molecular formula is C17H31N7O4. The van der Waals surface area contributed by atoms with Gasteiger partial charge >= 0.3 is 0 Å². The second kappa shape index (κ2) is 9.90. The van der Waals surface area contributed by atoms with Gasteiger partial charge in [-0.05, 0) is 31.6 Å². The number of aliphatic imine (C=N–C) groups is 1. The molecule has 158 valence electrons. The molecule has 0 aliphatic heterocycles. The van der Waals surface area contributed by atoms with Crippen molar-refractivity contribution in [2.45, 2.75) is 64.1 Å². The van der Waals surface area contributed by atoms with E-state index in [1.807, 2.05) is 0 Å². The van der Waals surface area contributed by atoms with Gasteiger partial charge < -0.3 is 33.2 Å². The highest BCUT2D eigenvalue weighted by Crippen LogP contribution is 2.34. The molecule has 1 aliphatic rings. The van der Waals surface area contributed by atoms with Crippen molar-refractivity contribution in [2.24, 2.45) is 28.1 Å². The average molecular weight is 397 g/mol. The third-order valence-electron chi connectivity index (χ3n) is 4.47. The maximum Gasteiger partial charge on any atom is 0.243 e. The number of rotatable bonds is 11. The smallest absolute Gasteiger partial charge is 0.243 e. The maximum atomic E-state index is 12.7. The van der Waals surface area contributed by atoms with E-state index in [1.165, 1.54) is 6.92 Å². The van der Waals surface area contributed by atoms with E-state index >= 15 is 0 Å². The van der Waals surface area contributed by atoms with Gasteiger partial charge in [-0.3, -0.25) is 24.2 Å². The number of carbonyl (C=O) groups is 4. The number of amides is 4. The highest BCUT2D eigenvalue weighted by atomic mass is 16.2. The molecule has 1 aliphatic carbocycles. The number of hydrogen-bond acceptors (Lipinski definition) is 5. The fourth-order valence-electron chi connectivity index (χ4n) is 2.67. The van der Waals surface area contributed by atoms with Crippen LogP contribution in [0.3, 0.4) is 0 Å². The minimum atomic E-state index is -1.05. The number of guanidine groups is 1. The predicted molar refractivity (Wildman–Crippen MR) is 104 cm³/mol. The van der Waals surface area contributed by atoms with Crippen LogP contribution in [0.5, 0.6) is 0 Å². The Kier molecular flexibility index (Phi) is 8.20. The second-order valence-corrected chi connectivity index (χ2v) is 7.37. The number of primary amides is 1. The van der Waals surface area contributed by atoms with Gasteiger partial charge in [-0.15, -0.1) is 0 Å². The molecule has 0 bridgehead atoms. The van der Waals surface area contributed by atoms with E-state index in [-0.39, 0.29) is 30.8 Å². The molecule has 0 saturated heterocycles. The quantitative estimate of drug-likeness (QED) is 0.130. The topological polar surface area (TPSA) is 195 Å². The van der Waals surface area contributed by atoms with Crippen molar-refractivity contribution >= 4 is 29.6 Å². The van der Waals surface area contributed by atoms with E-state index in [0.29, 0.717) is 19.3 Å². The molecule has 1 fully saturated rings. The van der Waals surface area contributed by atoms with Gasteiger partial charge in [0.15, 0.2) is 5.96 Å². The number of nitrogens with one attached hydrogen (secondary N) is 3. The Morgan fingerprint density at radius 2 is 1.64 bits per heavy atom. The Balaban J connectivity index is 2.84. The Morgan fingerprint density at radius 1 is 1.04 bits per heavy atom. The first kappa shape index (κ1) is 23.2. The minimum Gasteiger partial charge on any atom is -0.370 e. The number of hydrogen-bond donors (Lipinski definition) is 6. The van der Waals surface area contributed by atoms with Crippen LogP contribution in [0.1, 0.15) is 46.5 Å². The summed E-state index contributed by atoms with van der Waals surface area (Å²) in [5.74, 6) is -2.22. The molecule has 1 saturated carbocycles. The first-order valence-electron chi connectivity index (χ1n) is 9.23. The minimum absolute atomic E-state index is 0.0683. The van der Waals surface area contributed by atoms with Crippen molar-refractivity contribution in [1.29, 1.82) is 0 Å². The summed E-state index contributed by atoms with van der Waals surface area (Å²) in [5, 5.41) is 7.86. The predicted octanol–water partition coefficient (Wildman–Crippen LogP) is -2.18. The summed E-state index contributed by atoms with van der Waals surface area (Å²) in [4.78, 5) is 52.1. The van der Waals surface area contributed by atoms with Gasteiger partial charge in [-0.1, -0.05) is 13.8 Å². The monoisotopic (exact) mass is 397 g/mol. The van der Waals surface area contributed by atoms with Crippen molar-refractivity contribution in [2.75, 3.05) is 6.54 Å². The first-order valence-corrected chi connectivity index (χ1v) is 9.23. The third kappa shape index (κ3) is 7.05. The SMILES string of the molecule is CC(=O)N[C@H](C(=O)N[C@@H](CCCN=C(N)N)C(=O)NC1(C(N)=O)CC1)C(C)C. The molecule has 0 aromatic rings. The molecule has 2 atom stereocenters. The van der Waals surface area contributed by atoms with Crippen LogP contribution in [0.25, 0.3) is 0 Å². The molecule has 0 aromatic carbocycles. The zero-order chi connectivity index (χ0) is 21.5. The summed E-state index contributed by atoms with van der Waals surface area (Å²) in [6, 6.07) is -1.72. The lowest BCUT2D eigenvalue weighted by Crippen LogP contribution is -2.58. The van der Waals surface area contributed by atoms with Crippen LogP contribution in [0.2, 0.25) is 0 Å². The van der Waals surface area contributed by atoms with Gasteiger partial charge in [-0.2, -0.15) is 0 Å². The van der Waals surface area contributed by atoms with Crippen molar-refractivity contribution in [3.8, 4) is 0 Å².